The van der Waals surface area contributed by atoms with Crippen LogP contribution in [0.15, 0.2) is 10.5 Å². The Morgan fingerprint density at radius 1 is 1.19 bits per heavy atom. The monoisotopic (exact) mass is 295 g/mol. The summed E-state index contributed by atoms with van der Waals surface area (Å²) < 4.78 is 5.98. The van der Waals surface area contributed by atoms with Gasteiger partial charge in [-0.1, -0.05) is 13.8 Å². The number of hydrogen-bond donors (Lipinski definition) is 1. The van der Waals surface area contributed by atoms with Gasteiger partial charge in [-0.2, -0.15) is 0 Å². The molecular formula is C17H33N3O. The molecule has 0 atom stereocenters. The van der Waals surface area contributed by atoms with Gasteiger partial charge in [0.25, 0.3) is 0 Å². The summed E-state index contributed by atoms with van der Waals surface area (Å²) in [5.41, 5.74) is 1.25. The van der Waals surface area contributed by atoms with E-state index in [-0.39, 0.29) is 0 Å². The summed E-state index contributed by atoms with van der Waals surface area (Å²) in [4.78, 5) is 4.55. The second-order valence-corrected chi connectivity index (χ2v) is 6.74. The summed E-state index contributed by atoms with van der Waals surface area (Å²) in [5, 5.41) is 3.44. The van der Waals surface area contributed by atoms with Crippen molar-refractivity contribution >= 4 is 0 Å². The summed E-state index contributed by atoms with van der Waals surface area (Å²) in [7, 11) is 6.39. The molecule has 0 amide bonds. The molecule has 1 aromatic heterocycles. The fourth-order valence-electron chi connectivity index (χ4n) is 2.32. The predicted octanol–water partition coefficient (Wildman–Crippen LogP) is 2.72. The summed E-state index contributed by atoms with van der Waals surface area (Å²) in [5.74, 6) is 2.82. The average Bonchev–Trinajstić information content (AvgIpc) is 2.68. The molecule has 0 aliphatic carbocycles. The van der Waals surface area contributed by atoms with Crippen LogP contribution in [0.2, 0.25) is 0 Å². The van der Waals surface area contributed by atoms with Crippen molar-refractivity contribution in [2.24, 2.45) is 5.92 Å². The van der Waals surface area contributed by atoms with E-state index in [4.69, 9.17) is 4.42 Å². The van der Waals surface area contributed by atoms with Crippen molar-refractivity contribution in [3.05, 3.63) is 23.2 Å². The number of furan rings is 1. The van der Waals surface area contributed by atoms with E-state index >= 15 is 0 Å². The van der Waals surface area contributed by atoms with Gasteiger partial charge in [-0.3, -0.25) is 4.90 Å². The van der Waals surface area contributed by atoms with Gasteiger partial charge in [0.1, 0.15) is 11.5 Å². The van der Waals surface area contributed by atoms with Gasteiger partial charge < -0.3 is 14.6 Å². The fourth-order valence-corrected chi connectivity index (χ4v) is 2.32. The van der Waals surface area contributed by atoms with Crippen LogP contribution >= 0.6 is 0 Å². The lowest BCUT2D eigenvalue weighted by molar-refractivity contribution is 0.270. The Balaban J connectivity index is 2.38. The molecule has 21 heavy (non-hydrogen) atoms. The Labute approximate surface area is 130 Å². The average molecular weight is 295 g/mol. The van der Waals surface area contributed by atoms with Gasteiger partial charge >= 0.3 is 0 Å². The normalized spacial score (nSPS) is 12.0. The Kier molecular flexibility index (Phi) is 8.01. The van der Waals surface area contributed by atoms with Crippen LogP contribution in [0.4, 0.5) is 0 Å². The second-order valence-electron chi connectivity index (χ2n) is 6.74. The van der Waals surface area contributed by atoms with Gasteiger partial charge in [-0.25, -0.2) is 0 Å². The van der Waals surface area contributed by atoms with E-state index in [9.17, 15) is 0 Å². The maximum atomic E-state index is 5.98. The lowest BCUT2D eigenvalue weighted by Crippen LogP contribution is -2.23. The molecule has 4 heteroatoms. The topological polar surface area (TPSA) is 31.6 Å². The number of nitrogens with one attached hydrogen (secondary N) is 1. The first-order chi connectivity index (χ1) is 9.88. The molecule has 0 aromatic carbocycles. The first kappa shape index (κ1) is 18.2. The molecular weight excluding hydrogens is 262 g/mol. The molecule has 122 valence electrons. The van der Waals surface area contributed by atoms with Crippen molar-refractivity contribution in [2.75, 3.05) is 40.8 Å². The number of hydrogen-bond acceptors (Lipinski definition) is 4. The summed E-state index contributed by atoms with van der Waals surface area (Å²) in [6, 6.07) is 2.18. The minimum atomic E-state index is 0.669. The van der Waals surface area contributed by atoms with Crippen molar-refractivity contribution in [3.63, 3.8) is 0 Å². The minimum Gasteiger partial charge on any atom is -0.463 e. The molecule has 1 aromatic rings. The van der Waals surface area contributed by atoms with Crippen LogP contribution in [0.3, 0.4) is 0 Å². The predicted molar refractivity (Wildman–Crippen MR) is 89.5 cm³/mol. The van der Waals surface area contributed by atoms with Crippen LogP contribution in [-0.2, 0) is 13.1 Å². The molecule has 0 spiro atoms. The third-order valence-electron chi connectivity index (χ3n) is 3.48. The molecule has 0 saturated carbocycles. The van der Waals surface area contributed by atoms with Crippen LogP contribution in [0.1, 0.15) is 37.4 Å². The summed E-state index contributed by atoms with van der Waals surface area (Å²) in [6.07, 6.45) is 1.19. The third kappa shape index (κ3) is 7.65. The molecule has 0 radical (unpaired) electrons. The molecule has 0 bridgehead atoms. The maximum Gasteiger partial charge on any atom is 0.120 e. The molecule has 0 fully saturated rings. The maximum absolute atomic E-state index is 5.98. The highest BCUT2D eigenvalue weighted by molar-refractivity contribution is 5.20. The van der Waals surface area contributed by atoms with Gasteiger partial charge in [0.2, 0.25) is 0 Å². The highest BCUT2D eigenvalue weighted by Crippen LogP contribution is 2.16. The van der Waals surface area contributed by atoms with Crippen molar-refractivity contribution in [1.82, 2.24) is 15.1 Å². The Hall–Kier alpha value is -0.840. The first-order valence-electron chi connectivity index (χ1n) is 8.00. The molecule has 1 rings (SSSR count). The molecule has 1 heterocycles. The highest BCUT2D eigenvalue weighted by atomic mass is 16.3. The van der Waals surface area contributed by atoms with Crippen LogP contribution in [0.25, 0.3) is 0 Å². The SMILES string of the molecule is Cc1cc(CN(C)CCCN(C)C)oc1CNCC(C)C. The number of aryl methyl sites for hydroxylation is 1. The lowest BCUT2D eigenvalue weighted by atomic mass is 10.2. The Bertz CT molecular complexity index is 399. The van der Waals surface area contributed by atoms with E-state index in [1.54, 1.807) is 0 Å². The van der Waals surface area contributed by atoms with Crippen LogP contribution in [0.5, 0.6) is 0 Å². The van der Waals surface area contributed by atoms with E-state index in [1.807, 2.05) is 0 Å². The molecule has 0 saturated heterocycles. The Morgan fingerprint density at radius 3 is 2.52 bits per heavy atom. The molecule has 1 N–H and O–H groups in total. The zero-order valence-electron chi connectivity index (χ0n) is 14.7. The summed E-state index contributed by atoms with van der Waals surface area (Å²) >= 11 is 0. The van der Waals surface area contributed by atoms with E-state index in [2.05, 4.69) is 63.1 Å². The van der Waals surface area contributed by atoms with Gasteiger partial charge in [0, 0.05) is 0 Å². The van der Waals surface area contributed by atoms with Crippen LogP contribution in [-0.4, -0.2) is 50.6 Å². The highest BCUT2D eigenvalue weighted by Gasteiger charge is 2.09. The van der Waals surface area contributed by atoms with E-state index in [1.165, 1.54) is 12.0 Å². The molecule has 0 aliphatic heterocycles. The van der Waals surface area contributed by atoms with Gasteiger partial charge in [0.05, 0.1) is 13.1 Å². The third-order valence-corrected chi connectivity index (χ3v) is 3.48. The molecule has 0 unspecified atom stereocenters. The van der Waals surface area contributed by atoms with Crippen molar-refractivity contribution in [2.45, 2.75) is 40.3 Å². The van der Waals surface area contributed by atoms with Crippen molar-refractivity contribution in [1.29, 1.82) is 0 Å². The van der Waals surface area contributed by atoms with Crippen LogP contribution in [0, 0.1) is 12.8 Å². The van der Waals surface area contributed by atoms with E-state index in [0.29, 0.717) is 5.92 Å². The van der Waals surface area contributed by atoms with Crippen LogP contribution < -0.4 is 5.32 Å². The molecule has 4 nitrogen and oxygen atoms in total. The van der Waals surface area contributed by atoms with E-state index in [0.717, 1.165) is 44.2 Å². The summed E-state index contributed by atoms with van der Waals surface area (Å²) in [6.45, 7) is 11.5. The standard InChI is InChI=1S/C17H33N3O/c1-14(2)11-18-12-17-15(3)10-16(21-17)13-20(6)9-7-8-19(4)5/h10,14,18H,7-9,11-13H2,1-6H3. The minimum absolute atomic E-state index is 0.669. The molecule has 0 aliphatic rings. The zero-order valence-corrected chi connectivity index (χ0v) is 14.7. The van der Waals surface area contributed by atoms with Gasteiger partial charge in [0.15, 0.2) is 0 Å². The van der Waals surface area contributed by atoms with Gasteiger partial charge in [-0.05, 0) is 71.7 Å². The number of rotatable bonds is 10. The fraction of sp³-hybridized carbons (Fsp3) is 0.765. The Morgan fingerprint density at radius 2 is 1.90 bits per heavy atom. The quantitative estimate of drug-likeness (QED) is 0.719. The zero-order chi connectivity index (χ0) is 15.8. The lowest BCUT2D eigenvalue weighted by Gasteiger charge is -2.16. The smallest absolute Gasteiger partial charge is 0.120 e. The van der Waals surface area contributed by atoms with E-state index < -0.39 is 0 Å². The first-order valence-corrected chi connectivity index (χ1v) is 8.00. The number of nitrogens with zero attached hydrogens (tertiary/aromatic N) is 2. The van der Waals surface area contributed by atoms with Gasteiger partial charge in [-0.15, -0.1) is 0 Å². The van der Waals surface area contributed by atoms with Crippen molar-refractivity contribution < 1.29 is 4.42 Å². The largest absolute Gasteiger partial charge is 0.463 e. The second kappa shape index (κ2) is 9.23. The van der Waals surface area contributed by atoms with Crippen molar-refractivity contribution in [3.8, 4) is 0 Å².